The summed E-state index contributed by atoms with van der Waals surface area (Å²) in [5.74, 6) is -1.30. The summed E-state index contributed by atoms with van der Waals surface area (Å²) < 4.78 is 13.0. The molecular weight excluding hydrogens is 175 g/mol. The number of carbonyl (C=O) groups is 1. The van der Waals surface area contributed by atoms with Gasteiger partial charge >= 0.3 is 0 Å². The molecule has 1 aromatic rings. The maximum atomic E-state index is 13.0. The van der Waals surface area contributed by atoms with E-state index in [1.807, 2.05) is 5.48 Å². The van der Waals surface area contributed by atoms with Crippen LogP contribution in [0, 0.1) is 5.82 Å². The fraction of sp³-hybridized carbons (Fsp3) is 0.125. The number of carbonyl (C=O) groups excluding carboxylic acids is 1. The van der Waals surface area contributed by atoms with Crippen molar-refractivity contribution in [1.82, 2.24) is 5.48 Å². The van der Waals surface area contributed by atoms with Gasteiger partial charge in [0.25, 0.3) is 5.91 Å². The van der Waals surface area contributed by atoms with Gasteiger partial charge < -0.3 is 5.73 Å². The summed E-state index contributed by atoms with van der Waals surface area (Å²) in [6.45, 7) is 0. The van der Waals surface area contributed by atoms with Crippen LogP contribution in [0.2, 0.25) is 0 Å². The first kappa shape index (κ1) is 9.47. The predicted octanol–water partition coefficient (Wildman–Crippen LogP) is 0.699. The van der Waals surface area contributed by atoms with Gasteiger partial charge in [-0.25, -0.2) is 9.87 Å². The van der Waals surface area contributed by atoms with Crippen LogP contribution in [0.15, 0.2) is 18.2 Å². The molecule has 0 radical (unpaired) electrons. The number of benzene rings is 1. The largest absolute Gasteiger partial charge is 0.399 e. The Balaban J connectivity index is 2.99. The topological polar surface area (TPSA) is 64.3 Å². The zero-order valence-corrected chi connectivity index (χ0v) is 7.00. The van der Waals surface area contributed by atoms with E-state index < -0.39 is 11.7 Å². The van der Waals surface area contributed by atoms with Crippen molar-refractivity contribution in [3.63, 3.8) is 0 Å². The molecule has 0 spiro atoms. The van der Waals surface area contributed by atoms with Crippen molar-refractivity contribution in [1.29, 1.82) is 0 Å². The molecule has 1 rings (SSSR count). The summed E-state index contributed by atoms with van der Waals surface area (Å²) in [5, 5.41) is 0. The SMILES string of the molecule is CONC(=O)c1cc(N)ccc1F. The van der Waals surface area contributed by atoms with Crippen LogP contribution in [0.3, 0.4) is 0 Å². The molecule has 0 fully saturated rings. The van der Waals surface area contributed by atoms with Gasteiger partial charge in [-0.1, -0.05) is 0 Å². The maximum Gasteiger partial charge on any atom is 0.277 e. The zero-order chi connectivity index (χ0) is 9.84. The minimum absolute atomic E-state index is 0.137. The summed E-state index contributed by atoms with van der Waals surface area (Å²) in [4.78, 5) is 15.4. The first-order valence-corrected chi connectivity index (χ1v) is 3.53. The van der Waals surface area contributed by atoms with Crippen LogP contribution in [0.4, 0.5) is 10.1 Å². The van der Waals surface area contributed by atoms with Gasteiger partial charge in [0.05, 0.1) is 12.7 Å². The Morgan fingerprint density at radius 3 is 2.92 bits per heavy atom. The third-order valence-electron chi connectivity index (χ3n) is 1.43. The number of hydroxylamine groups is 1. The predicted molar refractivity (Wildman–Crippen MR) is 45.3 cm³/mol. The van der Waals surface area contributed by atoms with Gasteiger partial charge in [-0.15, -0.1) is 0 Å². The fourth-order valence-electron chi connectivity index (χ4n) is 0.865. The number of rotatable bonds is 2. The van der Waals surface area contributed by atoms with Crippen molar-refractivity contribution in [2.75, 3.05) is 12.8 Å². The van der Waals surface area contributed by atoms with Gasteiger partial charge in [-0.3, -0.25) is 9.63 Å². The molecular formula is C8H9FN2O2. The van der Waals surface area contributed by atoms with Crippen LogP contribution >= 0.6 is 0 Å². The first-order valence-electron chi connectivity index (χ1n) is 3.53. The minimum Gasteiger partial charge on any atom is -0.399 e. The highest BCUT2D eigenvalue weighted by Crippen LogP contribution is 2.11. The van der Waals surface area contributed by atoms with E-state index in [1.165, 1.54) is 19.2 Å². The van der Waals surface area contributed by atoms with Crippen molar-refractivity contribution in [3.05, 3.63) is 29.6 Å². The van der Waals surface area contributed by atoms with E-state index in [0.29, 0.717) is 5.69 Å². The van der Waals surface area contributed by atoms with Crippen molar-refractivity contribution in [2.45, 2.75) is 0 Å². The smallest absolute Gasteiger partial charge is 0.277 e. The summed E-state index contributed by atoms with van der Waals surface area (Å²) in [7, 11) is 1.27. The fourth-order valence-corrected chi connectivity index (χ4v) is 0.865. The molecule has 0 bridgehead atoms. The van der Waals surface area contributed by atoms with Crippen LogP contribution < -0.4 is 11.2 Å². The second-order valence-corrected chi connectivity index (χ2v) is 2.37. The molecule has 1 amide bonds. The van der Waals surface area contributed by atoms with Gasteiger partial charge in [0.15, 0.2) is 0 Å². The third-order valence-corrected chi connectivity index (χ3v) is 1.43. The number of nitrogens with one attached hydrogen (secondary N) is 1. The Hall–Kier alpha value is -1.62. The van der Waals surface area contributed by atoms with E-state index >= 15 is 0 Å². The molecule has 4 nitrogen and oxygen atoms in total. The summed E-state index contributed by atoms with van der Waals surface area (Å²) in [6.07, 6.45) is 0. The molecule has 0 saturated carbocycles. The van der Waals surface area contributed by atoms with Crippen molar-refractivity contribution >= 4 is 11.6 Å². The van der Waals surface area contributed by atoms with E-state index in [0.717, 1.165) is 6.07 Å². The Kier molecular flexibility index (Phi) is 2.81. The van der Waals surface area contributed by atoms with E-state index in [4.69, 9.17) is 5.73 Å². The monoisotopic (exact) mass is 184 g/mol. The lowest BCUT2D eigenvalue weighted by atomic mass is 10.2. The molecule has 13 heavy (non-hydrogen) atoms. The number of halogens is 1. The molecule has 0 unspecified atom stereocenters. The van der Waals surface area contributed by atoms with Gasteiger partial charge in [-0.2, -0.15) is 0 Å². The standard InChI is InChI=1S/C8H9FN2O2/c1-13-11-8(12)6-4-5(10)2-3-7(6)9/h2-4H,10H2,1H3,(H,11,12). The average molecular weight is 184 g/mol. The lowest BCUT2D eigenvalue weighted by molar-refractivity contribution is 0.0533. The van der Waals surface area contributed by atoms with Crippen molar-refractivity contribution in [2.24, 2.45) is 0 Å². The Labute approximate surface area is 74.4 Å². The molecule has 1 aromatic carbocycles. The van der Waals surface area contributed by atoms with Gasteiger partial charge in [0, 0.05) is 5.69 Å². The van der Waals surface area contributed by atoms with Crippen LogP contribution in [-0.2, 0) is 4.84 Å². The van der Waals surface area contributed by atoms with E-state index in [9.17, 15) is 9.18 Å². The molecule has 0 aliphatic rings. The molecule has 0 saturated heterocycles. The van der Waals surface area contributed by atoms with Crippen LogP contribution in [0.5, 0.6) is 0 Å². The molecule has 0 heterocycles. The highest BCUT2D eigenvalue weighted by molar-refractivity contribution is 5.94. The number of hydrogen-bond donors (Lipinski definition) is 2. The Bertz CT molecular complexity index is 328. The van der Waals surface area contributed by atoms with Gasteiger partial charge in [0.2, 0.25) is 0 Å². The molecule has 0 aliphatic carbocycles. The number of nitrogens with two attached hydrogens (primary N) is 1. The van der Waals surface area contributed by atoms with Crippen LogP contribution in [-0.4, -0.2) is 13.0 Å². The maximum absolute atomic E-state index is 13.0. The normalized spacial score (nSPS) is 9.69. The van der Waals surface area contributed by atoms with E-state index in [1.54, 1.807) is 0 Å². The number of nitrogen functional groups attached to an aromatic ring is 1. The molecule has 3 N–H and O–H groups in total. The van der Waals surface area contributed by atoms with E-state index in [-0.39, 0.29) is 5.56 Å². The summed E-state index contributed by atoms with van der Waals surface area (Å²) in [6, 6.07) is 3.74. The summed E-state index contributed by atoms with van der Waals surface area (Å²) in [5.41, 5.74) is 7.55. The molecule has 0 aromatic heterocycles. The van der Waals surface area contributed by atoms with Gasteiger partial charge in [0.1, 0.15) is 5.82 Å². The zero-order valence-electron chi connectivity index (χ0n) is 7.00. The van der Waals surface area contributed by atoms with Gasteiger partial charge in [-0.05, 0) is 18.2 Å². The second kappa shape index (κ2) is 3.86. The molecule has 5 heteroatoms. The quantitative estimate of drug-likeness (QED) is 0.525. The minimum atomic E-state index is -0.660. The Morgan fingerprint density at radius 1 is 1.62 bits per heavy atom. The van der Waals surface area contributed by atoms with Crippen molar-refractivity contribution < 1.29 is 14.0 Å². The highest BCUT2D eigenvalue weighted by atomic mass is 19.1. The van der Waals surface area contributed by atoms with Crippen LogP contribution in [0.25, 0.3) is 0 Å². The molecule has 0 aliphatic heterocycles. The molecule has 70 valence electrons. The second-order valence-electron chi connectivity index (χ2n) is 2.37. The summed E-state index contributed by atoms with van der Waals surface area (Å²) >= 11 is 0. The highest BCUT2D eigenvalue weighted by Gasteiger charge is 2.10. The lowest BCUT2D eigenvalue weighted by Crippen LogP contribution is -2.23. The van der Waals surface area contributed by atoms with Crippen LogP contribution in [0.1, 0.15) is 10.4 Å². The Morgan fingerprint density at radius 2 is 2.31 bits per heavy atom. The number of hydrogen-bond acceptors (Lipinski definition) is 3. The lowest BCUT2D eigenvalue weighted by Gasteiger charge is -2.03. The number of amides is 1. The van der Waals surface area contributed by atoms with E-state index in [2.05, 4.69) is 4.84 Å². The third kappa shape index (κ3) is 2.16. The number of anilines is 1. The molecule has 0 atom stereocenters. The van der Waals surface area contributed by atoms with Crippen molar-refractivity contribution in [3.8, 4) is 0 Å². The first-order chi connectivity index (χ1) is 6.15. The average Bonchev–Trinajstić information content (AvgIpc) is 2.09.